The molecule has 84 valence electrons. The molecule has 1 unspecified atom stereocenters. The minimum absolute atomic E-state index is 0.705. The first-order chi connectivity index (χ1) is 7.34. The Kier molecular flexibility index (Phi) is 3.91. The van der Waals surface area contributed by atoms with Gasteiger partial charge in [-0.3, -0.25) is 0 Å². The van der Waals surface area contributed by atoms with Crippen LogP contribution < -0.4 is 10.1 Å². The summed E-state index contributed by atoms with van der Waals surface area (Å²) in [6.45, 7) is 4.96. The Balaban J connectivity index is 1.65. The zero-order valence-corrected chi connectivity index (χ0v) is 9.85. The fraction of sp³-hybridized carbons (Fsp3) is 0.800. The minimum atomic E-state index is 0.705. The van der Waals surface area contributed by atoms with Gasteiger partial charge in [-0.15, -0.1) is 0 Å². The maximum Gasteiger partial charge on any atom is 0.293 e. The lowest BCUT2D eigenvalue weighted by Gasteiger charge is -2.22. The van der Waals surface area contributed by atoms with Gasteiger partial charge in [0, 0.05) is 11.5 Å². The van der Waals surface area contributed by atoms with Crippen molar-refractivity contribution in [3.8, 4) is 5.19 Å². The lowest BCUT2D eigenvalue weighted by Crippen LogP contribution is -2.30. The lowest BCUT2D eigenvalue weighted by molar-refractivity contribution is 0.253. The summed E-state index contributed by atoms with van der Waals surface area (Å²) in [5.41, 5.74) is 0. The molecule has 0 bridgehead atoms. The van der Waals surface area contributed by atoms with E-state index in [0.29, 0.717) is 5.19 Å². The zero-order chi connectivity index (χ0) is 10.5. The molecule has 1 aromatic rings. The molecular formula is C10H17N3OS. The number of hydrogen-bond donors (Lipinski definition) is 1. The molecule has 0 aromatic carbocycles. The summed E-state index contributed by atoms with van der Waals surface area (Å²) in [4.78, 5) is 4.16. The Morgan fingerprint density at radius 2 is 2.53 bits per heavy atom. The predicted octanol–water partition coefficient (Wildman–Crippen LogP) is 1.62. The Bertz CT molecular complexity index is 297. The van der Waals surface area contributed by atoms with Crippen LogP contribution in [0, 0.1) is 12.8 Å². The molecule has 0 amide bonds. The second-order valence-electron chi connectivity index (χ2n) is 3.96. The normalized spacial score (nSPS) is 21.5. The topological polar surface area (TPSA) is 47.0 Å². The van der Waals surface area contributed by atoms with Crippen LogP contribution in [-0.2, 0) is 0 Å². The average molecular weight is 227 g/mol. The van der Waals surface area contributed by atoms with E-state index in [-0.39, 0.29) is 0 Å². The summed E-state index contributed by atoms with van der Waals surface area (Å²) in [5.74, 6) is 1.57. The molecule has 1 aliphatic heterocycles. The van der Waals surface area contributed by atoms with Crippen LogP contribution in [0.4, 0.5) is 0 Å². The fourth-order valence-corrected chi connectivity index (χ4v) is 2.38. The summed E-state index contributed by atoms with van der Waals surface area (Å²) in [5, 5.41) is 4.11. The van der Waals surface area contributed by atoms with Crippen molar-refractivity contribution in [3.63, 3.8) is 0 Å². The molecule has 0 radical (unpaired) electrons. The van der Waals surface area contributed by atoms with Crippen molar-refractivity contribution in [2.24, 2.45) is 5.92 Å². The van der Waals surface area contributed by atoms with E-state index in [1.807, 2.05) is 6.92 Å². The van der Waals surface area contributed by atoms with Crippen molar-refractivity contribution in [3.05, 3.63) is 5.82 Å². The van der Waals surface area contributed by atoms with E-state index in [9.17, 15) is 0 Å². The van der Waals surface area contributed by atoms with E-state index in [2.05, 4.69) is 14.7 Å². The average Bonchev–Trinajstić information content (AvgIpc) is 2.66. The highest BCUT2D eigenvalue weighted by molar-refractivity contribution is 7.07. The first-order valence-corrected chi connectivity index (χ1v) is 6.26. The molecule has 2 heterocycles. The Morgan fingerprint density at radius 1 is 1.60 bits per heavy atom. The van der Waals surface area contributed by atoms with E-state index in [0.717, 1.165) is 31.3 Å². The molecular weight excluding hydrogens is 210 g/mol. The molecule has 15 heavy (non-hydrogen) atoms. The van der Waals surface area contributed by atoms with Gasteiger partial charge in [-0.25, -0.2) is 0 Å². The summed E-state index contributed by atoms with van der Waals surface area (Å²) < 4.78 is 9.62. The maximum atomic E-state index is 5.55. The molecule has 4 nitrogen and oxygen atoms in total. The quantitative estimate of drug-likeness (QED) is 0.849. The molecule has 1 atom stereocenters. The van der Waals surface area contributed by atoms with Crippen molar-refractivity contribution < 1.29 is 4.74 Å². The highest BCUT2D eigenvalue weighted by atomic mass is 32.1. The van der Waals surface area contributed by atoms with Crippen LogP contribution in [0.5, 0.6) is 5.19 Å². The van der Waals surface area contributed by atoms with Gasteiger partial charge in [-0.1, -0.05) is 0 Å². The van der Waals surface area contributed by atoms with Crippen molar-refractivity contribution in [2.45, 2.75) is 26.2 Å². The van der Waals surface area contributed by atoms with Gasteiger partial charge in [0.25, 0.3) is 5.19 Å². The molecule has 1 saturated heterocycles. The molecule has 1 aromatic heterocycles. The second kappa shape index (κ2) is 5.42. The molecule has 2 rings (SSSR count). The van der Waals surface area contributed by atoms with Gasteiger partial charge >= 0.3 is 0 Å². The van der Waals surface area contributed by atoms with Gasteiger partial charge in [-0.2, -0.15) is 9.36 Å². The largest absolute Gasteiger partial charge is 0.469 e. The summed E-state index contributed by atoms with van der Waals surface area (Å²) in [6, 6.07) is 0. The number of nitrogens with one attached hydrogen (secondary N) is 1. The summed E-state index contributed by atoms with van der Waals surface area (Å²) in [6.07, 6.45) is 3.74. The van der Waals surface area contributed by atoms with Crippen molar-refractivity contribution >= 4 is 11.5 Å². The highest BCUT2D eigenvalue weighted by Crippen LogP contribution is 2.17. The van der Waals surface area contributed by atoms with Gasteiger partial charge in [0.2, 0.25) is 0 Å². The van der Waals surface area contributed by atoms with E-state index >= 15 is 0 Å². The number of ether oxygens (including phenoxy) is 1. The minimum Gasteiger partial charge on any atom is -0.469 e. The molecule has 0 aliphatic carbocycles. The van der Waals surface area contributed by atoms with E-state index < -0.39 is 0 Å². The number of piperidine rings is 1. The number of hydrogen-bond acceptors (Lipinski definition) is 5. The molecule has 0 spiro atoms. The predicted molar refractivity (Wildman–Crippen MR) is 60.4 cm³/mol. The third-order valence-electron chi connectivity index (χ3n) is 2.66. The van der Waals surface area contributed by atoms with E-state index in [1.54, 1.807) is 0 Å². The van der Waals surface area contributed by atoms with E-state index in [1.165, 1.54) is 30.9 Å². The standard InChI is InChI=1S/C10H17N3OS/c1-8-12-10(15-13-8)14-6-4-9-3-2-5-11-7-9/h9,11H,2-7H2,1H3. The van der Waals surface area contributed by atoms with E-state index in [4.69, 9.17) is 4.74 Å². The van der Waals surface area contributed by atoms with Gasteiger partial charge in [-0.05, 0) is 45.2 Å². The first kappa shape index (κ1) is 10.8. The third-order valence-corrected chi connectivity index (χ3v) is 3.38. The van der Waals surface area contributed by atoms with Crippen LogP contribution in [0.25, 0.3) is 0 Å². The van der Waals surface area contributed by atoms with Crippen molar-refractivity contribution in [2.75, 3.05) is 19.7 Å². The zero-order valence-electron chi connectivity index (χ0n) is 9.03. The van der Waals surface area contributed by atoms with Gasteiger partial charge in [0.05, 0.1) is 6.61 Å². The van der Waals surface area contributed by atoms with Gasteiger partial charge in [0.1, 0.15) is 5.82 Å². The monoisotopic (exact) mass is 227 g/mol. The molecule has 1 aliphatic rings. The third kappa shape index (κ3) is 3.43. The second-order valence-corrected chi connectivity index (χ2v) is 4.67. The summed E-state index contributed by atoms with van der Waals surface area (Å²) in [7, 11) is 0. The Labute approximate surface area is 94.2 Å². The van der Waals surface area contributed by atoms with Crippen LogP contribution in [-0.4, -0.2) is 29.1 Å². The van der Waals surface area contributed by atoms with Crippen molar-refractivity contribution in [1.29, 1.82) is 0 Å². The van der Waals surface area contributed by atoms with Crippen molar-refractivity contribution in [1.82, 2.24) is 14.7 Å². The SMILES string of the molecule is Cc1nsc(OCCC2CCCNC2)n1. The Morgan fingerprint density at radius 3 is 3.20 bits per heavy atom. The highest BCUT2D eigenvalue weighted by Gasteiger charge is 2.12. The maximum absolute atomic E-state index is 5.55. The number of aryl methyl sites for hydroxylation is 1. The molecule has 0 saturated carbocycles. The lowest BCUT2D eigenvalue weighted by atomic mass is 9.97. The molecule has 1 fully saturated rings. The smallest absolute Gasteiger partial charge is 0.293 e. The van der Waals surface area contributed by atoms with Crippen LogP contribution in [0.2, 0.25) is 0 Å². The van der Waals surface area contributed by atoms with Crippen LogP contribution in [0.15, 0.2) is 0 Å². The number of aromatic nitrogens is 2. The van der Waals surface area contributed by atoms with Gasteiger partial charge < -0.3 is 10.1 Å². The van der Waals surface area contributed by atoms with Crippen LogP contribution in [0.3, 0.4) is 0 Å². The molecule has 5 heteroatoms. The number of nitrogens with zero attached hydrogens (tertiary/aromatic N) is 2. The molecule has 1 N–H and O–H groups in total. The van der Waals surface area contributed by atoms with Crippen LogP contribution in [0.1, 0.15) is 25.1 Å². The van der Waals surface area contributed by atoms with Crippen LogP contribution >= 0.6 is 11.5 Å². The van der Waals surface area contributed by atoms with Gasteiger partial charge in [0.15, 0.2) is 0 Å². The number of rotatable bonds is 4. The Hall–Kier alpha value is -0.680. The summed E-state index contributed by atoms with van der Waals surface area (Å²) >= 11 is 1.34. The fourth-order valence-electron chi connectivity index (χ4n) is 1.82. The first-order valence-electron chi connectivity index (χ1n) is 5.48.